The van der Waals surface area contributed by atoms with Crippen LogP contribution in [0.25, 0.3) is 22.5 Å². The molecule has 0 amide bonds. The van der Waals surface area contributed by atoms with E-state index < -0.39 is 0 Å². The molecular formula is C29H28ClN7O2. The first-order valence-corrected chi connectivity index (χ1v) is 12.7. The maximum absolute atomic E-state index is 12.5. The largest absolute Gasteiger partial charge is 0.438 e. The predicted molar refractivity (Wildman–Crippen MR) is 151 cm³/mol. The number of piperidine rings is 1. The Kier molecular flexibility index (Phi) is 8.10. The fourth-order valence-electron chi connectivity index (χ4n) is 4.57. The first kappa shape index (κ1) is 26.3. The Morgan fingerprint density at radius 2 is 1.67 bits per heavy atom. The second-order valence-electron chi connectivity index (χ2n) is 9.27. The third-order valence-corrected chi connectivity index (χ3v) is 6.59. The van der Waals surface area contributed by atoms with Gasteiger partial charge in [0.25, 0.3) is 5.56 Å². The number of nitrogens with zero attached hydrogens (tertiary/aromatic N) is 6. The van der Waals surface area contributed by atoms with Gasteiger partial charge in [0.1, 0.15) is 5.75 Å². The van der Waals surface area contributed by atoms with Crippen LogP contribution >= 0.6 is 12.4 Å². The Balaban J connectivity index is 0.00000308. The first-order valence-electron chi connectivity index (χ1n) is 12.7. The van der Waals surface area contributed by atoms with Crippen LogP contribution in [0, 0.1) is 0 Å². The number of hydrogen-bond donors (Lipinski definition) is 1. The summed E-state index contributed by atoms with van der Waals surface area (Å²) in [5.41, 5.74) is 3.50. The molecule has 4 heterocycles. The fourth-order valence-corrected chi connectivity index (χ4v) is 4.57. The quantitative estimate of drug-likeness (QED) is 0.317. The van der Waals surface area contributed by atoms with Crippen molar-refractivity contribution in [2.45, 2.75) is 25.4 Å². The van der Waals surface area contributed by atoms with Crippen molar-refractivity contribution in [3.8, 4) is 34.1 Å². The third kappa shape index (κ3) is 6.22. The van der Waals surface area contributed by atoms with Crippen LogP contribution in [-0.2, 0) is 6.54 Å². The van der Waals surface area contributed by atoms with Gasteiger partial charge in [-0.25, -0.2) is 14.6 Å². The fraction of sp³-hybridized carbons (Fsp3) is 0.207. The Morgan fingerprint density at radius 3 is 2.46 bits per heavy atom. The molecule has 1 saturated heterocycles. The van der Waals surface area contributed by atoms with E-state index >= 15 is 0 Å². The van der Waals surface area contributed by atoms with Crippen molar-refractivity contribution in [2.24, 2.45) is 0 Å². The highest BCUT2D eigenvalue weighted by Gasteiger charge is 2.16. The molecule has 0 saturated carbocycles. The number of hydrogen-bond acceptors (Lipinski definition) is 7. The van der Waals surface area contributed by atoms with E-state index in [1.165, 1.54) is 10.7 Å². The van der Waals surface area contributed by atoms with Crippen molar-refractivity contribution >= 4 is 12.4 Å². The summed E-state index contributed by atoms with van der Waals surface area (Å²) in [4.78, 5) is 21.7. The SMILES string of the molecule is Cl.O=c1ccc(Oc2ccccc2)nn1Cc1cccc(-c2ncc(-c3cnn(C4CCNCC4)c3)cn2)c1. The lowest BCUT2D eigenvalue weighted by Crippen LogP contribution is -2.29. The molecule has 0 radical (unpaired) electrons. The van der Waals surface area contributed by atoms with Gasteiger partial charge in [-0.3, -0.25) is 9.48 Å². The molecule has 5 aromatic rings. The van der Waals surface area contributed by atoms with E-state index in [2.05, 4.69) is 36.4 Å². The summed E-state index contributed by atoms with van der Waals surface area (Å²) in [5, 5.41) is 12.4. The van der Waals surface area contributed by atoms with Gasteiger partial charge in [-0.2, -0.15) is 5.10 Å². The van der Waals surface area contributed by atoms with Gasteiger partial charge in [0, 0.05) is 47.4 Å². The molecule has 3 aromatic heterocycles. The average molecular weight is 542 g/mol. The van der Waals surface area contributed by atoms with Crippen LogP contribution in [0.15, 0.2) is 96.3 Å². The topological polar surface area (TPSA) is 99.8 Å². The van der Waals surface area contributed by atoms with Crippen molar-refractivity contribution in [3.05, 3.63) is 107 Å². The van der Waals surface area contributed by atoms with E-state index in [1.807, 2.05) is 73.2 Å². The Bertz CT molecular complexity index is 1580. The summed E-state index contributed by atoms with van der Waals surface area (Å²) in [6.07, 6.45) is 9.78. The number of nitrogens with one attached hydrogen (secondary N) is 1. The number of halogens is 1. The standard InChI is InChI=1S/C29H27N7O2.ClH/c37-28-10-9-27(38-26-7-2-1-3-8-26)34-36(28)19-21-5-4-6-22(15-21)29-31-16-23(17-32-29)24-18-33-35(20-24)25-11-13-30-14-12-25;/h1-10,15-18,20,25,30H,11-14,19H2;1H. The highest BCUT2D eigenvalue weighted by Crippen LogP contribution is 2.24. The Labute approximate surface area is 231 Å². The number of aromatic nitrogens is 6. The minimum Gasteiger partial charge on any atom is -0.438 e. The van der Waals surface area contributed by atoms with Crippen molar-refractivity contribution in [1.82, 2.24) is 34.8 Å². The molecule has 39 heavy (non-hydrogen) atoms. The van der Waals surface area contributed by atoms with Gasteiger partial charge in [0.15, 0.2) is 5.82 Å². The smallest absolute Gasteiger partial charge is 0.267 e. The van der Waals surface area contributed by atoms with E-state index in [9.17, 15) is 4.79 Å². The number of para-hydroxylation sites is 1. The van der Waals surface area contributed by atoms with Gasteiger partial charge in [-0.15, -0.1) is 17.5 Å². The molecule has 1 aliphatic rings. The van der Waals surface area contributed by atoms with Gasteiger partial charge in [-0.05, 0) is 49.7 Å². The van der Waals surface area contributed by atoms with Gasteiger partial charge >= 0.3 is 0 Å². The van der Waals surface area contributed by atoms with Crippen LogP contribution in [0.1, 0.15) is 24.4 Å². The zero-order valence-corrected chi connectivity index (χ0v) is 22.0. The zero-order valence-electron chi connectivity index (χ0n) is 21.2. The summed E-state index contributed by atoms with van der Waals surface area (Å²) < 4.78 is 9.24. The normalized spacial score (nSPS) is 13.5. The second kappa shape index (κ2) is 12.0. The molecule has 0 spiro atoms. The van der Waals surface area contributed by atoms with Gasteiger partial charge in [-0.1, -0.05) is 36.4 Å². The summed E-state index contributed by atoms with van der Waals surface area (Å²) in [6, 6.07) is 20.6. The van der Waals surface area contributed by atoms with Crippen LogP contribution < -0.4 is 15.6 Å². The van der Waals surface area contributed by atoms with Crippen LogP contribution in [0.5, 0.6) is 11.6 Å². The van der Waals surface area contributed by atoms with Crippen molar-refractivity contribution in [1.29, 1.82) is 0 Å². The highest BCUT2D eigenvalue weighted by atomic mass is 35.5. The molecule has 9 nitrogen and oxygen atoms in total. The van der Waals surface area contributed by atoms with Gasteiger partial charge in [0.2, 0.25) is 5.88 Å². The molecule has 0 atom stereocenters. The molecule has 0 aliphatic carbocycles. The van der Waals surface area contributed by atoms with E-state index in [0.717, 1.165) is 48.2 Å². The average Bonchev–Trinajstić information content (AvgIpc) is 3.47. The van der Waals surface area contributed by atoms with Crippen LogP contribution in [-0.4, -0.2) is 42.6 Å². The predicted octanol–water partition coefficient (Wildman–Crippen LogP) is 4.75. The minimum absolute atomic E-state index is 0. The lowest BCUT2D eigenvalue weighted by molar-refractivity contribution is 0.343. The highest BCUT2D eigenvalue weighted by molar-refractivity contribution is 5.85. The summed E-state index contributed by atoms with van der Waals surface area (Å²) in [7, 11) is 0. The lowest BCUT2D eigenvalue weighted by Gasteiger charge is -2.22. The third-order valence-electron chi connectivity index (χ3n) is 6.59. The van der Waals surface area contributed by atoms with Crippen molar-refractivity contribution < 1.29 is 4.74 Å². The van der Waals surface area contributed by atoms with E-state index in [1.54, 1.807) is 6.07 Å². The molecule has 1 fully saturated rings. The van der Waals surface area contributed by atoms with E-state index in [-0.39, 0.29) is 18.0 Å². The van der Waals surface area contributed by atoms with Gasteiger partial charge < -0.3 is 10.1 Å². The van der Waals surface area contributed by atoms with Crippen LogP contribution in [0.4, 0.5) is 0 Å². The van der Waals surface area contributed by atoms with E-state index in [0.29, 0.717) is 30.0 Å². The molecule has 1 aliphatic heterocycles. The Morgan fingerprint density at radius 1 is 0.872 bits per heavy atom. The van der Waals surface area contributed by atoms with Crippen LogP contribution in [0.2, 0.25) is 0 Å². The van der Waals surface area contributed by atoms with Gasteiger partial charge in [0.05, 0.1) is 18.8 Å². The minimum atomic E-state index is -0.207. The maximum Gasteiger partial charge on any atom is 0.267 e. The van der Waals surface area contributed by atoms with Crippen LogP contribution in [0.3, 0.4) is 0 Å². The molecule has 10 heteroatoms. The summed E-state index contributed by atoms with van der Waals surface area (Å²) in [5.74, 6) is 1.63. The molecule has 1 N–H and O–H groups in total. The number of benzene rings is 2. The number of ether oxygens (including phenoxy) is 1. The molecule has 2 aromatic carbocycles. The molecule has 198 valence electrons. The van der Waals surface area contributed by atoms with E-state index in [4.69, 9.17) is 4.74 Å². The molecular weight excluding hydrogens is 514 g/mol. The molecule has 0 bridgehead atoms. The molecule has 6 rings (SSSR count). The maximum atomic E-state index is 12.5. The van der Waals surface area contributed by atoms with Crippen molar-refractivity contribution in [3.63, 3.8) is 0 Å². The second-order valence-corrected chi connectivity index (χ2v) is 9.27. The van der Waals surface area contributed by atoms with Crippen molar-refractivity contribution in [2.75, 3.05) is 13.1 Å². The first-order chi connectivity index (χ1) is 18.7. The monoisotopic (exact) mass is 541 g/mol. The number of rotatable bonds is 7. The summed E-state index contributed by atoms with van der Waals surface area (Å²) in [6.45, 7) is 2.34. The zero-order chi connectivity index (χ0) is 25.7. The summed E-state index contributed by atoms with van der Waals surface area (Å²) >= 11 is 0. The lowest BCUT2D eigenvalue weighted by atomic mass is 10.1. The Hall–Kier alpha value is -4.34. The molecule has 0 unspecified atom stereocenters.